The quantitative estimate of drug-likeness (QED) is 0.640. The van der Waals surface area contributed by atoms with E-state index in [0.29, 0.717) is 17.8 Å². The molecule has 20 heavy (non-hydrogen) atoms. The summed E-state index contributed by atoms with van der Waals surface area (Å²) in [7, 11) is 1.53. The van der Waals surface area contributed by atoms with Crippen molar-refractivity contribution in [2.24, 2.45) is 5.41 Å². The van der Waals surface area contributed by atoms with Crippen LogP contribution in [0.15, 0.2) is 18.2 Å². The van der Waals surface area contributed by atoms with Gasteiger partial charge in [-0.3, -0.25) is 14.9 Å². The number of rotatable bonds is 5. The summed E-state index contributed by atoms with van der Waals surface area (Å²) in [6, 6.07) is 4.38. The van der Waals surface area contributed by atoms with Crippen LogP contribution in [0.25, 0.3) is 0 Å². The zero-order valence-electron chi connectivity index (χ0n) is 11.7. The molecule has 2 rings (SSSR count). The Hall–Kier alpha value is -2.11. The van der Waals surface area contributed by atoms with Crippen LogP contribution < -0.4 is 10.6 Å². The van der Waals surface area contributed by atoms with Gasteiger partial charge in [0.15, 0.2) is 0 Å². The Morgan fingerprint density at radius 1 is 1.45 bits per heavy atom. The lowest BCUT2D eigenvalue weighted by Crippen LogP contribution is -2.33. The number of anilines is 1. The molecule has 0 saturated heterocycles. The molecule has 1 aliphatic carbocycles. The second-order valence-corrected chi connectivity index (χ2v) is 5.59. The fraction of sp³-hybridized carbons (Fsp3) is 0.500. The molecule has 0 radical (unpaired) electrons. The Labute approximate surface area is 117 Å². The van der Waals surface area contributed by atoms with E-state index in [1.807, 2.05) is 0 Å². The molecule has 1 fully saturated rings. The summed E-state index contributed by atoms with van der Waals surface area (Å²) in [6.45, 7) is 2.85. The van der Waals surface area contributed by atoms with Gasteiger partial charge in [0.05, 0.1) is 4.92 Å². The minimum Gasteiger partial charge on any atom is -0.379 e. The lowest BCUT2D eigenvalue weighted by Gasteiger charge is -2.38. The van der Waals surface area contributed by atoms with Gasteiger partial charge in [-0.1, -0.05) is 13.3 Å². The van der Waals surface area contributed by atoms with Crippen LogP contribution in [0, 0.1) is 15.5 Å². The normalized spacial score (nSPS) is 16.1. The summed E-state index contributed by atoms with van der Waals surface area (Å²) in [5.41, 5.74) is 1.03. The van der Waals surface area contributed by atoms with E-state index in [1.165, 1.54) is 25.6 Å². The molecule has 2 N–H and O–H groups in total. The Morgan fingerprint density at radius 2 is 2.15 bits per heavy atom. The minimum atomic E-state index is -0.431. The molecule has 1 amide bonds. The molecule has 0 aromatic heterocycles. The maximum absolute atomic E-state index is 11.6. The number of carbonyl (C=O) groups excluding carboxylic acids is 1. The van der Waals surface area contributed by atoms with E-state index in [2.05, 4.69) is 17.6 Å². The number of benzene rings is 1. The average Bonchev–Trinajstić information content (AvgIpc) is 2.41. The Kier molecular flexibility index (Phi) is 3.92. The molecule has 0 heterocycles. The van der Waals surface area contributed by atoms with Gasteiger partial charge in [0.1, 0.15) is 5.69 Å². The van der Waals surface area contributed by atoms with Gasteiger partial charge in [-0.2, -0.15) is 0 Å². The van der Waals surface area contributed by atoms with E-state index < -0.39 is 4.92 Å². The second kappa shape index (κ2) is 5.48. The summed E-state index contributed by atoms with van der Waals surface area (Å²) in [5.74, 6) is -0.252. The monoisotopic (exact) mass is 277 g/mol. The van der Waals surface area contributed by atoms with Crippen molar-refractivity contribution < 1.29 is 9.72 Å². The summed E-state index contributed by atoms with van der Waals surface area (Å²) < 4.78 is 0. The van der Waals surface area contributed by atoms with E-state index in [1.54, 1.807) is 6.07 Å². The predicted octanol–water partition coefficient (Wildman–Crippen LogP) is 2.56. The van der Waals surface area contributed by atoms with Gasteiger partial charge in [-0.15, -0.1) is 0 Å². The Bertz CT molecular complexity index is 538. The number of nitrogens with zero attached hydrogens (tertiary/aromatic N) is 1. The SMILES string of the molecule is CNC(=O)c1ccc([N+](=O)[O-])c(NCC2(C)CCC2)c1. The van der Waals surface area contributed by atoms with Gasteiger partial charge >= 0.3 is 0 Å². The number of hydrogen-bond acceptors (Lipinski definition) is 4. The fourth-order valence-corrected chi connectivity index (χ4v) is 2.39. The first-order valence-electron chi connectivity index (χ1n) is 6.70. The topological polar surface area (TPSA) is 84.3 Å². The first-order valence-corrected chi connectivity index (χ1v) is 6.70. The molecular formula is C14H19N3O3. The highest BCUT2D eigenvalue weighted by Crippen LogP contribution is 2.40. The van der Waals surface area contributed by atoms with Crippen molar-refractivity contribution in [3.05, 3.63) is 33.9 Å². The molecule has 1 aromatic rings. The van der Waals surface area contributed by atoms with Gasteiger partial charge in [-0.05, 0) is 30.4 Å². The molecular weight excluding hydrogens is 258 g/mol. The van der Waals surface area contributed by atoms with Crippen molar-refractivity contribution in [3.63, 3.8) is 0 Å². The zero-order valence-corrected chi connectivity index (χ0v) is 11.7. The van der Waals surface area contributed by atoms with E-state index in [4.69, 9.17) is 0 Å². The number of nitro groups is 1. The van der Waals surface area contributed by atoms with Gasteiger partial charge in [0, 0.05) is 25.2 Å². The molecule has 1 saturated carbocycles. The number of hydrogen-bond donors (Lipinski definition) is 2. The number of nitrogens with one attached hydrogen (secondary N) is 2. The van der Waals surface area contributed by atoms with Gasteiger partial charge in [-0.25, -0.2) is 0 Å². The molecule has 0 spiro atoms. The van der Waals surface area contributed by atoms with Crippen LogP contribution in [-0.4, -0.2) is 24.4 Å². The van der Waals surface area contributed by atoms with Crippen molar-refractivity contribution in [1.82, 2.24) is 5.32 Å². The molecule has 6 nitrogen and oxygen atoms in total. The standard InChI is InChI=1S/C14H19N3O3/c1-14(6-3-7-14)9-16-11-8-10(13(18)15-2)4-5-12(11)17(19)20/h4-5,8,16H,3,6-7,9H2,1-2H3,(H,15,18). The van der Waals surface area contributed by atoms with Crippen molar-refractivity contribution >= 4 is 17.3 Å². The molecule has 108 valence electrons. The highest BCUT2D eigenvalue weighted by atomic mass is 16.6. The maximum atomic E-state index is 11.6. The number of nitro benzene ring substituents is 1. The van der Waals surface area contributed by atoms with Crippen molar-refractivity contribution in [2.45, 2.75) is 26.2 Å². The van der Waals surface area contributed by atoms with Crippen molar-refractivity contribution in [2.75, 3.05) is 18.9 Å². The molecule has 0 atom stereocenters. The lowest BCUT2D eigenvalue weighted by atomic mass is 9.70. The van der Waals surface area contributed by atoms with Gasteiger partial charge in [0.25, 0.3) is 11.6 Å². The first-order chi connectivity index (χ1) is 9.45. The highest BCUT2D eigenvalue weighted by Gasteiger charge is 2.32. The summed E-state index contributed by atoms with van der Waals surface area (Å²) >= 11 is 0. The number of carbonyl (C=O) groups is 1. The zero-order chi connectivity index (χ0) is 14.8. The van der Waals surface area contributed by atoms with E-state index in [-0.39, 0.29) is 17.0 Å². The second-order valence-electron chi connectivity index (χ2n) is 5.59. The summed E-state index contributed by atoms with van der Waals surface area (Å²) in [4.78, 5) is 22.2. The smallest absolute Gasteiger partial charge is 0.292 e. The third kappa shape index (κ3) is 2.89. The molecule has 6 heteroatoms. The largest absolute Gasteiger partial charge is 0.379 e. The predicted molar refractivity (Wildman–Crippen MR) is 76.9 cm³/mol. The van der Waals surface area contributed by atoms with Crippen LogP contribution >= 0.6 is 0 Å². The van der Waals surface area contributed by atoms with Crippen LogP contribution in [0.4, 0.5) is 11.4 Å². The van der Waals surface area contributed by atoms with Gasteiger partial charge in [0.2, 0.25) is 0 Å². The molecule has 0 unspecified atom stereocenters. The van der Waals surface area contributed by atoms with E-state index in [9.17, 15) is 14.9 Å². The van der Waals surface area contributed by atoms with Crippen molar-refractivity contribution in [3.8, 4) is 0 Å². The summed E-state index contributed by atoms with van der Waals surface area (Å²) in [5, 5.41) is 16.7. The average molecular weight is 277 g/mol. The number of amides is 1. The van der Waals surface area contributed by atoms with Crippen LogP contribution in [0.3, 0.4) is 0 Å². The third-order valence-corrected chi connectivity index (χ3v) is 3.95. The van der Waals surface area contributed by atoms with Gasteiger partial charge < -0.3 is 10.6 Å². The van der Waals surface area contributed by atoms with Crippen LogP contribution in [0.2, 0.25) is 0 Å². The lowest BCUT2D eigenvalue weighted by molar-refractivity contribution is -0.384. The Morgan fingerprint density at radius 3 is 2.65 bits per heavy atom. The fourth-order valence-electron chi connectivity index (χ4n) is 2.39. The first kappa shape index (κ1) is 14.3. The molecule has 0 bridgehead atoms. The van der Waals surface area contributed by atoms with E-state index in [0.717, 1.165) is 12.8 Å². The van der Waals surface area contributed by atoms with Crippen LogP contribution in [-0.2, 0) is 0 Å². The third-order valence-electron chi connectivity index (χ3n) is 3.95. The minimum absolute atomic E-state index is 0.000534. The molecule has 0 aliphatic heterocycles. The van der Waals surface area contributed by atoms with Crippen LogP contribution in [0.1, 0.15) is 36.5 Å². The summed E-state index contributed by atoms with van der Waals surface area (Å²) in [6.07, 6.45) is 3.46. The van der Waals surface area contributed by atoms with E-state index >= 15 is 0 Å². The molecule has 1 aliphatic rings. The maximum Gasteiger partial charge on any atom is 0.292 e. The van der Waals surface area contributed by atoms with Crippen LogP contribution in [0.5, 0.6) is 0 Å². The van der Waals surface area contributed by atoms with Crippen molar-refractivity contribution in [1.29, 1.82) is 0 Å². The Balaban J connectivity index is 2.22. The molecule has 1 aromatic carbocycles. The highest BCUT2D eigenvalue weighted by molar-refractivity contribution is 5.95.